The lowest BCUT2D eigenvalue weighted by atomic mass is 10.0. The Labute approximate surface area is 152 Å². The van der Waals surface area contributed by atoms with Gasteiger partial charge in [0.25, 0.3) is 0 Å². The molecular formula is C19H19N4O2P. The maximum absolute atomic E-state index is 12.3. The number of nitrogens with zero attached hydrogens (tertiary/aromatic N) is 4. The van der Waals surface area contributed by atoms with Crippen molar-refractivity contribution in [3.05, 3.63) is 53.3 Å². The summed E-state index contributed by atoms with van der Waals surface area (Å²) in [5.74, 6) is 0.349. The van der Waals surface area contributed by atoms with E-state index < -0.39 is 7.14 Å². The second-order valence-corrected chi connectivity index (χ2v) is 9.72. The van der Waals surface area contributed by atoms with Gasteiger partial charge in [-0.25, -0.2) is 4.98 Å². The molecule has 0 aliphatic carbocycles. The van der Waals surface area contributed by atoms with Crippen LogP contribution in [0.2, 0.25) is 0 Å². The van der Waals surface area contributed by atoms with Gasteiger partial charge in [-0.15, -0.1) is 0 Å². The van der Waals surface area contributed by atoms with Crippen LogP contribution in [0.5, 0.6) is 5.88 Å². The lowest BCUT2D eigenvalue weighted by Crippen LogP contribution is -2.11. The third-order valence-electron chi connectivity index (χ3n) is 4.22. The van der Waals surface area contributed by atoms with E-state index in [0.717, 1.165) is 5.56 Å². The molecule has 7 heteroatoms. The number of hydrogen-bond donors (Lipinski definition) is 1. The van der Waals surface area contributed by atoms with Gasteiger partial charge in [-0.1, -0.05) is 18.2 Å². The zero-order valence-corrected chi connectivity index (χ0v) is 16.0. The van der Waals surface area contributed by atoms with Crippen molar-refractivity contribution >= 4 is 12.4 Å². The van der Waals surface area contributed by atoms with E-state index >= 15 is 0 Å². The summed E-state index contributed by atoms with van der Waals surface area (Å²) < 4.78 is 13.7. The molecule has 0 atom stereocenters. The summed E-state index contributed by atoms with van der Waals surface area (Å²) >= 11 is 0. The Balaban J connectivity index is 2.17. The minimum Gasteiger partial charge on any atom is -0.493 e. The third-order valence-corrected chi connectivity index (χ3v) is 5.85. The smallest absolute Gasteiger partial charge is 0.224 e. The first kappa shape index (κ1) is 17.9. The van der Waals surface area contributed by atoms with E-state index in [1.54, 1.807) is 50.7 Å². The fourth-order valence-electron chi connectivity index (χ4n) is 3.00. The topological polar surface area (TPSA) is 91.8 Å². The third kappa shape index (κ3) is 3.02. The SMILES string of the molecule is Cc1cc(-n2nc(C)c(-c3ccccc3C#N)c2O)ncc1P(C)(C)=O. The van der Waals surface area contributed by atoms with E-state index in [-0.39, 0.29) is 5.88 Å². The van der Waals surface area contributed by atoms with Gasteiger partial charge in [0.05, 0.1) is 22.9 Å². The molecule has 0 aliphatic rings. The molecule has 2 aromatic heterocycles. The first-order valence-corrected chi connectivity index (χ1v) is 10.6. The zero-order chi connectivity index (χ0) is 19.1. The van der Waals surface area contributed by atoms with Crippen molar-refractivity contribution < 1.29 is 9.67 Å². The summed E-state index contributed by atoms with van der Waals surface area (Å²) in [4.78, 5) is 4.33. The minimum atomic E-state index is -2.43. The molecule has 0 radical (unpaired) electrons. The van der Waals surface area contributed by atoms with Gasteiger partial charge < -0.3 is 9.67 Å². The Bertz CT molecular complexity index is 1090. The molecule has 1 aromatic carbocycles. The molecule has 0 saturated heterocycles. The van der Waals surface area contributed by atoms with Gasteiger partial charge in [-0.05, 0) is 44.9 Å². The predicted molar refractivity (Wildman–Crippen MR) is 102 cm³/mol. The quantitative estimate of drug-likeness (QED) is 0.718. The maximum Gasteiger partial charge on any atom is 0.224 e. The Kier molecular flexibility index (Phi) is 4.43. The van der Waals surface area contributed by atoms with E-state index in [1.807, 2.05) is 13.0 Å². The average molecular weight is 366 g/mol. The molecule has 0 amide bonds. The molecule has 0 bridgehead atoms. The number of nitriles is 1. The van der Waals surface area contributed by atoms with Crippen LogP contribution in [-0.4, -0.2) is 33.2 Å². The highest BCUT2D eigenvalue weighted by Crippen LogP contribution is 2.37. The number of rotatable bonds is 3. The highest BCUT2D eigenvalue weighted by Gasteiger charge is 2.21. The van der Waals surface area contributed by atoms with Gasteiger partial charge >= 0.3 is 0 Å². The number of benzene rings is 1. The summed E-state index contributed by atoms with van der Waals surface area (Å²) in [7, 11) is -2.43. The van der Waals surface area contributed by atoms with Crippen LogP contribution in [-0.2, 0) is 4.57 Å². The van der Waals surface area contributed by atoms with Crippen LogP contribution in [0.4, 0.5) is 0 Å². The number of aromatic nitrogens is 3. The second kappa shape index (κ2) is 6.44. The average Bonchev–Trinajstić information content (AvgIpc) is 2.88. The van der Waals surface area contributed by atoms with Crippen molar-refractivity contribution in [2.45, 2.75) is 13.8 Å². The Morgan fingerprint density at radius 1 is 1.23 bits per heavy atom. The monoisotopic (exact) mass is 366 g/mol. The number of hydrogen-bond acceptors (Lipinski definition) is 5. The molecule has 0 fully saturated rings. The molecule has 2 heterocycles. The first-order valence-electron chi connectivity index (χ1n) is 8.04. The van der Waals surface area contributed by atoms with Crippen LogP contribution in [0.3, 0.4) is 0 Å². The highest BCUT2D eigenvalue weighted by molar-refractivity contribution is 7.70. The van der Waals surface area contributed by atoms with Crippen LogP contribution in [0, 0.1) is 25.2 Å². The predicted octanol–water partition coefficient (Wildman–Crippen LogP) is 3.38. The van der Waals surface area contributed by atoms with Gasteiger partial charge in [-0.3, -0.25) is 0 Å². The standard InChI is InChI=1S/C19H19N4O2P/c1-12-9-17(21-11-16(12)26(3,4)25)23-19(24)18(13(2)22-23)15-8-6-5-7-14(15)10-20/h5-9,11,24H,1-4H3. The van der Waals surface area contributed by atoms with E-state index in [0.29, 0.717) is 33.5 Å². The van der Waals surface area contributed by atoms with Crippen molar-refractivity contribution in [3.63, 3.8) is 0 Å². The molecule has 0 unspecified atom stereocenters. The number of pyridine rings is 1. The minimum absolute atomic E-state index is 0.0824. The summed E-state index contributed by atoms with van der Waals surface area (Å²) in [6.45, 7) is 7.03. The highest BCUT2D eigenvalue weighted by atomic mass is 31.2. The second-order valence-electron chi connectivity index (χ2n) is 6.53. The largest absolute Gasteiger partial charge is 0.493 e. The molecular weight excluding hydrogens is 347 g/mol. The van der Waals surface area contributed by atoms with Crippen molar-refractivity contribution in [2.24, 2.45) is 0 Å². The summed E-state index contributed by atoms with van der Waals surface area (Å²) in [6, 6.07) is 10.9. The lowest BCUT2D eigenvalue weighted by molar-refractivity contribution is 0.433. The van der Waals surface area contributed by atoms with Crippen molar-refractivity contribution in [2.75, 3.05) is 13.3 Å². The first-order chi connectivity index (χ1) is 12.2. The van der Waals surface area contributed by atoms with Gasteiger partial charge in [0.1, 0.15) is 7.14 Å². The summed E-state index contributed by atoms with van der Waals surface area (Å²) in [6.07, 6.45) is 1.57. The Hall–Kier alpha value is -2.90. The maximum atomic E-state index is 12.3. The molecule has 132 valence electrons. The van der Waals surface area contributed by atoms with E-state index in [1.165, 1.54) is 4.68 Å². The van der Waals surface area contributed by atoms with Crippen LogP contribution < -0.4 is 5.30 Å². The summed E-state index contributed by atoms with van der Waals surface area (Å²) in [5.41, 5.74) is 3.00. The van der Waals surface area contributed by atoms with Gasteiger partial charge in [-0.2, -0.15) is 15.0 Å². The Morgan fingerprint density at radius 2 is 1.92 bits per heavy atom. The molecule has 6 nitrogen and oxygen atoms in total. The van der Waals surface area contributed by atoms with E-state index in [9.17, 15) is 14.9 Å². The normalized spacial score (nSPS) is 11.3. The van der Waals surface area contributed by atoms with Gasteiger partial charge in [0.2, 0.25) is 5.88 Å². The van der Waals surface area contributed by atoms with Crippen LogP contribution in [0.15, 0.2) is 36.5 Å². The summed E-state index contributed by atoms with van der Waals surface area (Å²) in [5, 5.41) is 25.2. The number of aromatic hydroxyl groups is 1. The molecule has 3 rings (SSSR count). The number of aryl methyl sites for hydroxylation is 2. The van der Waals surface area contributed by atoms with Crippen LogP contribution >= 0.6 is 7.14 Å². The van der Waals surface area contributed by atoms with E-state index in [2.05, 4.69) is 16.2 Å². The molecule has 1 N–H and O–H groups in total. The molecule has 0 aliphatic heterocycles. The van der Waals surface area contributed by atoms with Gasteiger partial charge in [0, 0.05) is 17.1 Å². The fourth-order valence-corrected chi connectivity index (χ4v) is 4.25. The Morgan fingerprint density at radius 3 is 2.54 bits per heavy atom. The fraction of sp³-hybridized carbons (Fsp3) is 0.211. The molecule has 26 heavy (non-hydrogen) atoms. The van der Waals surface area contributed by atoms with Crippen molar-refractivity contribution in [3.8, 4) is 28.9 Å². The van der Waals surface area contributed by atoms with E-state index in [4.69, 9.17) is 0 Å². The molecule has 3 aromatic rings. The van der Waals surface area contributed by atoms with Gasteiger partial charge in [0.15, 0.2) is 5.82 Å². The lowest BCUT2D eigenvalue weighted by Gasteiger charge is -2.12. The molecule has 0 spiro atoms. The van der Waals surface area contributed by atoms with Crippen molar-refractivity contribution in [1.29, 1.82) is 5.26 Å². The molecule has 0 saturated carbocycles. The van der Waals surface area contributed by atoms with Crippen LogP contribution in [0.25, 0.3) is 16.9 Å². The zero-order valence-electron chi connectivity index (χ0n) is 15.1. The van der Waals surface area contributed by atoms with Crippen LogP contribution in [0.1, 0.15) is 16.8 Å². The van der Waals surface area contributed by atoms with Crippen molar-refractivity contribution in [1.82, 2.24) is 14.8 Å².